The molecule has 0 spiro atoms. The number of fused-ring (bicyclic) bond motifs is 1. The van der Waals surface area contributed by atoms with Gasteiger partial charge in [0.05, 0.1) is 17.5 Å². The van der Waals surface area contributed by atoms with Crippen LogP contribution in [0.4, 0.5) is 8.78 Å². The van der Waals surface area contributed by atoms with Gasteiger partial charge in [-0.1, -0.05) is 6.07 Å². The van der Waals surface area contributed by atoms with Gasteiger partial charge in [0, 0.05) is 25.1 Å². The fraction of sp³-hybridized carbons (Fsp3) is 0.708. The number of nitrogens with one attached hydrogen (secondary N) is 2. The largest absolute Gasteiger partial charge is 0.388 e. The van der Waals surface area contributed by atoms with Crippen molar-refractivity contribution in [1.82, 2.24) is 10.6 Å². The Balaban J connectivity index is 1.45. The van der Waals surface area contributed by atoms with Crippen LogP contribution in [0.25, 0.3) is 0 Å². The van der Waals surface area contributed by atoms with Gasteiger partial charge in [0.15, 0.2) is 0 Å². The van der Waals surface area contributed by atoms with Crippen molar-refractivity contribution in [2.75, 3.05) is 19.4 Å². The van der Waals surface area contributed by atoms with E-state index >= 15 is 0 Å². The number of rotatable bonds is 6. The minimum Gasteiger partial charge on any atom is -0.388 e. The van der Waals surface area contributed by atoms with Crippen molar-refractivity contribution < 1.29 is 38.4 Å². The third-order valence-electron chi connectivity index (χ3n) is 7.44. The minimum atomic E-state index is -1.46. The maximum Gasteiger partial charge on any atom is 0.240 e. The lowest BCUT2D eigenvalue weighted by atomic mass is 9.85. The van der Waals surface area contributed by atoms with Gasteiger partial charge in [0.1, 0.15) is 47.5 Å². The molecule has 12 heteroatoms. The predicted molar refractivity (Wildman–Crippen MR) is 131 cm³/mol. The number of halogens is 3. The summed E-state index contributed by atoms with van der Waals surface area (Å²) in [5.41, 5.74) is -0.358. The first-order chi connectivity index (χ1) is 17.1. The number of ether oxygens (including phenoxy) is 2. The zero-order chi connectivity index (χ0) is 26.1. The van der Waals surface area contributed by atoms with Gasteiger partial charge in [-0.3, -0.25) is 4.79 Å². The van der Waals surface area contributed by atoms with Crippen molar-refractivity contribution in [3.63, 3.8) is 0 Å². The lowest BCUT2D eigenvalue weighted by Gasteiger charge is -2.44. The van der Waals surface area contributed by atoms with Gasteiger partial charge in [-0.2, -0.15) is 0 Å². The smallest absolute Gasteiger partial charge is 0.240 e. The summed E-state index contributed by atoms with van der Waals surface area (Å²) >= 11 is 7.55. The number of amides is 1. The maximum absolute atomic E-state index is 14.4. The molecule has 1 aromatic rings. The Kier molecular flexibility index (Phi) is 9.15. The molecule has 5 N–H and O–H groups in total. The second-order valence-electron chi connectivity index (χ2n) is 9.76. The van der Waals surface area contributed by atoms with Crippen molar-refractivity contribution in [3.8, 4) is 0 Å². The summed E-state index contributed by atoms with van der Waals surface area (Å²) in [6.07, 6.45) is -2.90. The number of carbonyl (C=O) groups excluding carboxylic acids is 1. The average Bonchev–Trinajstić information content (AvgIpc) is 3.11. The molecule has 3 aliphatic rings. The molecule has 3 saturated heterocycles. The van der Waals surface area contributed by atoms with E-state index in [-0.39, 0.29) is 11.8 Å². The van der Waals surface area contributed by atoms with Crippen LogP contribution in [0.3, 0.4) is 0 Å². The Hall–Kier alpha value is -1.05. The highest BCUT2D eigenvalue weighted by Crippen LogP contribution is 2.37. The van der Waals surface area contributed by atoms with Crippen LogP contribution in [-0.2, 0) is 14.3 Å². The lowest BCUT2D eigenvalue weighted by molar-refractivity contribution is -0.205. The molecule has 3 fully saturated rings. The number of hydrogen-bond donors (Lipinski definition) is 5. The van der Waals surface area contributed by atoms with Crippen molar-refractivity contribution in [2.45, 2.75) is 79.1 Å². The molecule has 202 valence electrons. The molecule has 0 bridgehead atoms. The van der Waals surface area contributed by atoms with Crippen LogP contribution in [-0.4, -0.2) is 94.1 Å². The molecule has 36 heavy (non-hydrogen) atoms. The normalized spacial score (nSPS) is 38.6. The molecule has 1 aromatic carbocycles. The average molecular weight is 551 g/mol. The molecule has 0 radical (unpaired) electrons. The summed E-state index contributed by atoms with van der Waals surface area (Å²) in [5, 5.41) is 36.4. The van der Waals surface area contributed by atoms with Crippen LogP contribution in [0.2, 0.25) is 0 Å². The van der Waals surface area contributed by atoms with Crippen molar-refractivity contribution in [2.24, 2.45) is 5.92 Å². The van der Waals surface area contributed by atoms with Crippen LogP contribution >= 0.6 is 23.4 Å². The van der Waals surface area contributed by atoms with E-state index in [2.05, 4.69) is 10.6 Å². The zero-order valence-electron chi connectivity index (χ0n) is 20.0. The molecule has 0 aromatic heterocycles. The van der Waals surface area contributed by atoms with Crippen LogP contribution < -0.4 is 10.6 Å². The van der Waals surface area contributed by atoms with Crippen LogP contribution in [0.15, 0.2) is 18.2 Å². The SMILES string of the molecule is CSC1O[C@H]([C@H](NC(=O)[C@H]2NC[C@@H]3C[C@@H](c4ccc(F)cc4F)CCO[C@H]32)[C@H](C)Cl)C(O)[C@@H](O)[C@H]1O. The fourth-order valence-corrected chi connectivity index (χ4v) is 6.38. The van der Waals surface area contributed by atoms with Gasteiger partial charge in [-0.25, -0.2) is 8.78 Å². The molecule has 8 nitrogen and oxygen atoms in total. The summed E-state index contributed by atoms with van der Waals surface area (Å²) in [4.78, 5) is 13.3. The van der Waals surface area contributed by atoms with Crippen molar-refractivity contribution in [1.29, 1.82) is 0 Å². The number of carbonyl (C=O) groups is 1. The Bertz CT molecular complexity index is 931. The predicted octanol–water partition coefficient (Wildman–Crippen LogP) is 1.10. The second-order valence-corrected chi connectivity index (χ2v) is 11.4. The van der Waals surface area contributed by atoms with Gasteiger partial charge in [0.25, 0.3) is 0 Å². The highest BCUT2D eigenvalue weighted by atomic mass is 35.5. The number of hydrogen-bond acceptors (Lipinski definition) is 8. The fourth-order valence-electron chi connectivity index (χ4n) is 5.50. The van der Waals surface area contributed by atoms with Crippen molar-refractivity contribution in [3.05, 3.63) is 35.4 Å². The maximum atomic E-state index is 14.4. The van der Waals surface area contributed by atoms with Gasteiger partial charge >= 0.3 is 0 Å². The van der Waals surface area contributed by atoms with E-state index in [1.165, 1.54) is 23.9 Å². The first-order valence-corrected chi connectivity index (χ1v) is 13.8. The Morgan fingerprint density at radius 2 is 2.00 bits per heavy atom. The molecular formula is C24H33ClF2N2O6S. The van der Waals surface area contributed by atoms with Gasteiger partial charge in [-0.15, -0.1) is 23.4 Å². The quantitative estimate of drug-likeness (QED) is 0.334. The molecule has 2 unspecified atom stereocenters. The van der Waals surface area contributed by atoms with E-state index in [1.54, 1.807) is 13.2 Å². The Morgan fingerprint density at radius 3 is 2.67 bits per heavy atom. The summed E-state index contributed by atoms with van der Waals surface area (Å²) in [7, 11) is 0. The zero-order valence-corrected chi connectivity index (χ0v) is 21.6. The number of alkyl halides is 1. The third kappa shape index (κ3) is 5.68. The molecule has 0 saturated carbocycles. The van der Waals surface area contributed by atoms with E-state index in [9.17, 15) is 28.9 Å². The lowest BCUT2D eigenvalue weighted by Crippen LogP contribution is -2.65. The highest BCUT2D eigenvalue weighted by Gasteiger charge is 2.49. The van der Waals surface area contributed by atoms with E-state index in [4.69, 9.17) is 21.1 Å². The molecule has 11 atom stereocenters. The molecule has 3 heterocycles. The van der Waals surface area contributed by atoms with E-state index in [0.717, 1.165) is 6.07 Å². The minimum absolute atomic E-state index is 0.0704. The van der Waals surface area contributed by atoms with E-state index < -0.39 is 71.0 Å². The van der Waals surface area contributed by atoms with Crippen LogP contribution in [0.5, 0.6) is 0 Å². The second kappa shape index (κ2) is 11.8. The van der Waals surface area contributed by atoms with E-state index in [0.29, 0.717) is 31.6 Å². The number of thioether (sulfide) groups is 1. The Labute approximate surface area is 218 Å². The molecule has 4 rings (SSSR count). The first-order valence-electron chi connectivity index (χ1n) is 12.1. The van der Waals surface area contributed by atoms with Crippen LogP contribution in [0, 0.1) is 17.6 Å². The van der Waals surface area contributed by atoms with Crippen molar-refractivity contribution >= 4 is 29.3 Å². The van der Waals surface area contributed by atoms with Crippen LogP contribution in [0.1, 0.15) is 31.2 Å². The van der Waals surface area contributed by atoms with Gasteiger partial charge in [-0.05, 0) is 43.6 Å². The standard InChI is InChI=1S/C24H33ClF2N2O6S/c1-10(25)16(22-19(31)18(30)20(32)24(35-22)36-2)29-23(33)17-21-12(9-28-17)7-11(5-6-34-21)14-4-3-13(26)8-15(14)27/h3-4,8,10-12,16-22,24,28,30-32H,5-7,9H2,1-2H3,(H,29,33)/t10-,11-,12-,16+,17-,18+,19?,20+,21+,22+,24?/m0/s1. The number of aliphatic hydroxyl groups is 3. The Morgan fingerprint density at radius 1 is 1.25 bits per heavy atom. The molecular weight excluding hydrogens is 518 g/mol. The molecule has 3 aliphatic heterocycles. The summed E-state index contributed by atoms with van der Waals surface area (Å²) < 4.78 is 39.6. The topological polar surface area (TPSA) is 120 Å². The summed E-state index contributed by atoms with van der Waals surface area (Å²) in [6.45, 7) is 2.43. The molecule has 1 amide bonds. The monoisotopic (exact) mass is 550 g/mol. The first kappa shape index (κ1) is 28.0. The van der Waals surface area contributed by atoms with Gasteiger partial charge < -0.3 is 35.4 Å². The van der Waals surface area contributed by atoms with Gasteiger partial charge in [0.2, 0.25) is 5.91 Å². The summed E-state index contributed by atoms with van der Waals surface area (Å²) in [5.74, 6) is -1.84. The molecule has 0 aliphatic carbocycles. The highest BCUT2D eigenvalue weighted by molar-refractivity contribution is 7.99. The van der Waals surface area contributed by atoms with E-state index in [1.807, 2.05) is 0 Å². The summed E-state index contributed by atoms with van der Waals surface area (Å²) in [6, 6.07) is 2.03. The number of benzene rings is 1. The third-order valence-corrected chi connectivity index (χ3v) is 8.56. The number of aliphatic hydroxyl groups excluding tert-OH is 3.